The van der Waals surface area contributed by atoms with Crippen LogP contribution in [-0.2, 0) is 26.9 Å². The molecule has 84 valence electrons. The number of hydrogen-bond acceptors (Lipinski definition) is 6. The Hall–Kier alpha value is -1.51. The van der Waals surface area contributed by atoms with Crippen molar-refractivity contribution in [3.8, 4) is 0 Å². The first-order valence-electron chi connectivity index (χ1n) is 4.12. The van der Waals surface area contributed by atoms with Gasteiger partial charge in [0.05, 0.1) is 0 Å². The maximum absolute atomic E-state index is 11.2. The molecular weight excluding hydrogens is 224 g/mol. The molecule has 0 aliphatic carbocycles. The van der Waals surface area contributed by atoms with Gasteiger partial charge in [0.15, 0.2) is 22.2 Å². The number of aliphatic carboxylic acids is 1. The van der Waals surface area contributed by atoms with Crippen molar-refractivity contribution < 1.29 is 18.3 Å². The molecule has 9 heteroatoms. The highest BCUT2D eigenvalue weighted by molar-refractivity contribution is 7.90. The lowest BCUT2D eigenvalue weighted by molar-refractivity contribution is -0.138. The van der Waals surface area contributed by atoms with Crippen LogP contribution in [0, 0.1) is 0 Å². The zero-order valence-corrected chi connectivity index (χ0v) is 8.81. The predicted molar refractivity (Wildman–Crippen MR) is 48.6 cm³/mol. The number of tetrazole rings is 1. The van der Waals surface area contributed by atoms with Crippen molar-refractivity contribution in [2.75, 3.05) is 5.75 Å². The van der Waals surface area contributed by atoms with Gasteiger partial charge in [-0.1, -0.05) is 6.92 Å². The standard InChI is InChI=1S/C6H10N4O4S/c1-2-15(13,14)4-5-7-9-10(8-5)3-6(11)12/h2-4H2,1H3,(H,11,12). The summed E-state index contributed by atoms with van der Waals surface area (Å²) in [4.78, 5) is 11.1. The lowest BCUT2D eigenvalue weighted by Gasteiger charge is -1.94. The van der Waals surface area contributed by atoms with Gasteiger partial charge in [0, 0.05) is 5.75 Å². The van der Waals surface area contributed by atoms with Crippen molar-refractivity contribution in [3.63, 3.8) is 0 Å². The molecule has 0 saturated carbocycles. The highest BCUT2D eigenvalue weighted by atomic mass is 32.2. The highest BCUT2D eigenvalue weighted by Gasteiger charge is 2.14. The predicted octanol–water partition coefficient (Wildman–Crippen LogP) is -1.31. The summed E-state index contributed by atoms with van der Waals surface area (Å²) in [6.07, 6.45) is 0. The second-order valence-corrected chi connectivity index (χ2v) is 5.16. The summed E-state index contributed by atoms with van der Waals surface area (Å²) in [7, 11) is -3.21. The molecule has 1 N–H and O–H groups in total. The van der Waals surface area contributed by atoms with E-state index in [1.165, 1.54) is 6.92 Å². The number of hydrogen-bond donors (Lipinski definition) is 1. The molecule has 0 saturated heterocycles. The van der Waals surface area contributed by atoms with E-state index in [2.05, 4.69) is 15.4 Å². The summed E-state index contributed by atoms with van der Waals surface area (Å²) in [5.41, 5.74) is 0. The van der Waals surface area contributed by atoms with Gasteiger partial charge in [0.2, 0.25) is 0 Å². The van der Waals surface area contributed by atoms with E-state index >= 15 is 0 Å². The Morgan fingerprint density at radius 1 is 1.53 bits per heavy atom. The minimum Gasteiger partial charge on any atom is -0.480 e. The summed E-state index contributed by atoms with van der Waals surface area (Å²) in [5, 5.41) is 18.9. The van der Waals surface area contributed by atoms with Crippen LogP contribution in [0.5, 0.6) is 0 Å². The molecule has 1 rings (SSSR count). The molecule has 0 spiro atoms. The summed E-state index contributed by atoms with van der Waals surface area (Å²) >= 11 is 0. The van der Waals surface area contributed by atoms with Crippen molar-refractivity contribution in [1.29, 1.82) is 0 Å². The van der Waals surface area contributed by atoms with Gasteiger partial charge in [0.25, 0.3) is 0 Å². The fraction of sp³-hybridized carbons (Fsp3) is 0.667. The first kappa shape index (κ1) is 11.6. The maximum atomic E-state index is 11.2. The smallest absolute Gasteiger partial charge is 0.327 e. The zero-order chi connectivity index (χ0) is 11.5. The van der Waals surface area contributed by atoms with Crippen LogP contribution in [0.2, 0.25) is 0 Å². The molecule has 1 aromatic heterocycles. The van der Waals surface area contributed by atoms with Crippen molar-refractivity contribution >= 4 is 15.8 Å². The first-order valence-corrected chi connectivity index (χ1v) is 5.94. The average molecular weight is 234 g/mol. The Kier molecular flexibility index (Phi) is 3.35. The molecule has 8 nitrogen and oxygen atoms in total. The lowest BCUT2D eigenvalue weighted by Crippen LogP contribution is -2.12. The van der Waals surface area contributed by atoms with Gasteiger partial charge in [-0.15, -0.1) is 10.2 Å². The van der Waals surface area contributed by atoms with Crippen LogP contribution >= 0.6 is 0 Å². The Bertz CT molecular complexity index is 451. The number of carbonyl (C=O) groups is 1. The van der Waals surface area contributed by atoms with Crippen LogP contribution in [0.4, 0.5) is 0 Å². The molecule has 0 aromatic carbocycles. The van der Waals surface area contributed by atoms with E-state index in [1.54, 1.807) is 0 Å². The van der Waals surface area contributed by atoms with E-state index in [0.29, 0.717) is 0 Å². The van der Waals surface area contributed by atoms with Gasteiger partial charge in [-0.2, -0.15) is 4.80 Å². The van der Waals surface area contributed by atoms with Crippen molar-refractivity contribution in [2.45, 2.75) is 19.2 Å². The van der Waals surface area contributed by atoms with Crippen LogP contribution < -0.4 is 0 Å². The normalized spacial score (nSPS) is 11.5. The number of sulfone groups is 1. The quantitative estimate of drug-likeness (QED) is 0.672. The Morgan fingerprint density at radius 2 is 2.20 bits per heavy atom. The van der Waals surface area contributed by atoms with Crippen molar-refractivity contribution in [3.05, 3.63) is 5.82 Å². The SMILES string of the molecule is CCS(=O)(=O)Cc1nnn(CC(=O)O)n1. The topological polar surface area (TPSA) is 115 Å². The first-order chi connectivity index (χ1) is 6.93. The largest absolute Gasteiger partial charge is 0.480 e. The number of carboxylic acid groups (broad SMARTS) is 1. The molecule has 0 unspecified atom stereocenters. The molecule has 0 bridgehead atoms. The van der Waals surface area contributed by atoms with E-state index in [4.69, 9.17) is 5.11 Å². The molecule has 1 aromatic rings. The van der Waals surface area contributed by atoms with Crippen LogP contribution in [0.15, 0.2) is 0 Å². The number of aromatic nitrogens is 4. The summed E-state index contributed by atoms with van der Waals surface area (Å²) < 4.78 is 22.3. The van der Waals surface area contributed by atoms with E-state index in [0.717, 1.165) is 4.80 Å². The molecule has 1 heterocycles. The third kappa shape index (κ3) is 3.62. The van der Waals surface area contributed by atoms with Crippen LogP contribution in [0.25, 0.3) is 0 Å². The van der Waals surface area contributed by atoms with Gasteiger partial charge in [-0.25, -0.2) is 8.42 Å². The maximum Gasteiger partial charge on any atom is 0.327 e. The molecule has 0 radical (unpaired) electrons. The Labute approximate surface area is 85.8 Å². The lowest BCUT2D eigenvalue weighted by atomic mass is 10.7. The molecule has 0 atom stereocenters. The fourth-order valence-electron chi connectivity index (χ4n) is 0.821. The zero-order valence-electron chi connectivity index (χ0n) is 7.99. The number of carboxylic acids is 1. The minimum absolute atomic E-state index is 0.0121. The van der Waals surface area contributed by atoms with Crippen molar-refractivity contribution in [2.24, 2.45) is 0 Å². The third-order valence-corrected chi connectivity index (χ3v) is 3.14. The second kappa shape index (κ2) is 4.34. The number of rotatable bonds is 5. The van der Waals surface area contributed by atoms with Crippen LogP contribution in [0.3, 0.4) is 0 Å². The highest BCUT2D eigenvalue weighted by Crippen LogP contribution is 1.98. The second-order valence-electron chi connectivity index (χ2n) is 2.81. The van der Waals surface area contributed by atoms with Gasteiger partial charge >= 0.3 is 5.97 Å². The van der Waals surface area contributed by atoms with Crippen LogP contribution in [-0.4, -0.2) is 45.5 Å². The average Bonchev–Trinajstić information content (AvgIpc) is 2.50. The Balaban J connectivity index is 2.73. The Morgan fingerprint density at radius 3 is 2.73 bits per heavy atom. The van der Waals surface area contributed by atoms with Gasteiger partial charge < -0.3 is 5.11 Å². The van der Waals surface area contributed by atoms with E-state index in [-0.39, 0.29) is 17.3 Å². The van der Waals surface area contributed by atoms with E-state index in [1.807, 2.05) is 0 Å². The minimum atomic E-state index is -3.21. The number of nitrogens with zero attached hydrogens (tertiary/aromatic N) is 4. The third-order valence-electron chi connectivity index (χ3n) is 1.56. The summed E-state index contributed by atoms with van der Waals surface area (Å²) in [6.45, 7) is 1.08. The fourth-order valence-corrected chi connectivity index (χ4v) is 1.53. The molecule has 0 fully saturated rings. The van der Waals surface area contributed by atoms with Gasteiger partial charge in [0.1, 0.15) is 5.75 Å². The molecule has 15 heavy (non-hydrogen) atoms. The molecule has 0 aliphatic rings. The molecule has 0 aliphatic heterocycles. The molecular formula is C6H10N4O4S. The van der Waals surface area contributed by atoms with E-state index in [9.17, 15) is 13.2 Å². The molecule has 0 amide bonds. The summed E-state index contributed by atoms with van der Waals surface area (Å²) in [5.74, 6) is -1.43. The van der Waals surface area contributed by atoms with Crippen molar-refractivity contribution in [1.82, 2.24) is 20.2 Å². The van der Waals surface area contributed by atoms with Gasteiger partial charge in [-0.3, -0.25) is 4.79 Å². The van der Waals surface area contributed by atoms with Gasteiger partial charge in [-0.05, 0) is 5.21 Å². The summed E-state index contributed by atoms with van der Waals surface area (Å²) in [6, 6.07) is 0. The van der Waals surface area contributed by atoms with Crippen LogP contribution in [0.1, 0.15) is 12.7 Å². The monoisotopic (exact) mass is 234 g/mol. The van der Waals surface area contributed by atoms with E-state index < -0.39 is 22.4 Å².